The van der Waals surface area contributed by atoms with Gasteiger partial charge in [0.15, 0.2) is 0 Å². The molecule has 0 amide bonds. The summed E-state index contributed by atoms with van der Waals surface area (Å²) in [5.74, 6) is 2.44. The number of aliphatic hydroxyl groups is 1. The normalized spacial score (nSPS) is 15.2. The standard InChI is InChI=1S/C24H31N3O2/c28-15-14-27(16-19-8-3-1-4-9-19)17-23-25-21-12-7-13-22(24(21)26-23)29-18-20-10-5-2-6-11-20/h1,3-4,7-9,12-13,20,28H,2,5-6,10-11,14-18H2,(H,25,26). The Kier molecular flexibility index (Phi) is 6.80. The fourth-order valence-electron chi connectivity index (χ4n) is 4.22. The van der Waals surface area contributed by atoms with Crippen LogP contribution in [0.3, 0.4) is 0 Å². The second-order valence-electron chi connectivity index (χ2n) is 8.07. The molecule has 154 valence electrons. The minimum absolute atomic E-state index is 0.128. The number of H-pyrrole nitrogens is 1. The van der Waals surface area contributed by atoms with E-state index >= 15 is 0 Å². The van der Waals surface area contributed by atoms with Gasteiger partial charge in [-0.1, -0.05) is 55.7 Å². The van der Waals surface area contributed by atoms with Crippen molar-refractivity contribution in [3.05, 3.63) is 59.9 Å². The summed E-state index contributed by atoms with van der Waals surface area (Å²) < 4.78 is 6.18. The number of aromatic amines is 1. The maximum atomic E-state index is 9.48. The number of para-hydroxylation sites is 1. The van der Waals surface area contributed by atoms with Gasteiger partial charge in [-0.05, 0) is 36.5 Å². The molecule has 1 fully saturated rings. The van der Waals surface area contributed by atoms with Crippen LogP contribution in [0, 0.1) is 5.92 Å². The van der Waals surface area contributed by atoms with Crippen LogP contribution < -0.4 is 4.74 Å². The number of hydrogen-bond donors (Lipinski definition) is 2. The van der Waals surface area contributed by atoms with Crippen LogP contribution in [0.2, 0.25) is 0 Å². The number of aliphatic hydroxyl groups excluding tert-OH is 1. The summed E-state index contributed by atoms with van der Waals surface area (Å²) in [5, 5.41) is 9.48. The van der Waals surface area contributed by atoms with Gasteiger partial charge in [-0.3, -0.25) is 4.90 Å². The minimum Gasteiger partial charge on any atom is -0.491 e. The Hall–Kier alpha value is -2.37. The predicted molar refractivity (Wildman–Crippen MR) is 116 cm³/mol. The van der Waals surface area contributed by atoms with Crippen LogP contribution in [0.25, 0.3) is 11.0 Å². The molecule has 1 aliphatic carbocycles. The average molecular weight is 394 g/mol. The van der Waals surface area contributed by atoms with Gasteiger partial charge in [0.05, 0.1) is 25.3 Å². The van der Waals surface area contributed by atoms with E-state index in [1.54, 1.807) is 0 Å². The van der Waals surface area contributed by atoms with Crippen molar-refractivity contribution in [2.45, 2.75) is 45.2 Å². The Bertz CT molecular complexity index is 888. The van der Waals surface area contributed by atoms with Crippen LogP contribution in [-0.2, 0) is 13.1 Å². The molecular formula is C24H31N3O2. The van der Waals surface area contributed by atoms with E-state index < -0.39 is 0 Å². The molecule has 2 N–H and O–H groups in total. The van der Waals surface area contributed by atoms with Crippen LogP contribution in [0.4, 0.5) is 0 Å². The van der Waals surface area contributed by atoms with Gasteiger partial charge in [-0.2, -0.15) is 0 Å². The van der Waals surface area contributed by atoms with Crippen LogP contribution in [-0.4, -0.2) is 39.7 Å². The van der Waals surface area contributed by atoms with E-state index in [0.717, 1.165) is 35.8 Å². The minimum atomic E-state index is 0.128. The summed E-state index contributed by atoms with van der Waals surface area (Å²) in [6.45, 7) is 2.96. The number of hydrogen-bond acceptors (Lipinski definition) is 4. The second-order valence-corrected chi connectivity index (χ2v) is 8.07. The highest BCUT2D eigenvalue weighted by Gasteiger charge is 2.16. The van der Waals surface area contributed by atoms with Gasteiger partial charge in [0.1, 0.15) is 17.1 Å². The van der Waals surface area contributed by atoms with Gasteiger partial charge in [0.25, 0.3) is 0 Å². The lowest BCUT2D eigenvalue weighted by Crippen LogP contribution is -2.26. The van der Waals surface area contributed by atoms with Gasteiger partial charge in [-0.15, -0.1) is 0 Å². The fourth-order valence-corrected chi connectivity index (χ4v) is 4.22. The first-order chi connectivity index (χ1) is 14.3. The van der Waals surface area contributed by atoms with Crippen LogP contribution in [0.5, 0.6) is 5.75 Å². The van der Waals surface area contributed by atoms with E-state index in [-0.39, 0.29) is 6.61 Å². The van der Waals surface area contributed by atoms with Crippen molar-refractivity contribution in [2.75, 3.05) is 19.8 Å². The molecule has 0 radical (unpaired) electrons. The number of nitrogens with one attached hydrogen (secondary N) is 1. The van der Waals surface area contributed by atoms with Crippen molar-refractivity contribution in [3.8, 4) is 5.75 Å². The molecule has 1 saturated carbocycles. The lowest BCUT2D eigenvalue weighted by molar-refractivity contribution is 0.181. The first kappa shape index (κ1) is 19.9. The molecule has 0 spiro atoms. The topological polar surface area (TPSA) is 61.4 Å². The molecule has 0 saturated heterocycles. The van der Waals surface area contributed by atoms with Crippen molar-refractivity contribution in [3.63, 3.8) is 0 Å². The van der Waals surface area contributed by atoms with E-state index in [1.165, 1.54) is 37.7 Å². The number of aromatic nitrogens is 2. The highest BCUT2D eigenvalue weighted by molar-refractivity contribution is 5.81. The Morgan fingerprint density at radius 1 is 1.00 bits per heavy atom. The monoisotopic (exact) mass is 393 g/mol. The summed E-state index contributed by atoms with van der Waals surface area (Å²) in [6, 6.07) is 16.4. The summed E-state index contributed by atoms with van der Waals surface area (Å²) >= 11 is 0. The first-order valence-electron chi connectivity index (χ1n) is 10.8. The Labute approximate surface area is 172 Å². The van der Waals surface area contributed by atoms with Crippen molar-refractivity contribution < 1.29 is 9.84 Å². The molecule has 0 aliphatic heterocycles. The highest BCUT2D eigenvalue weighted by Crippen LogP contribution is 2.28. The molecule has 3 aromatic rings. The quantitative estimate of drug-likeness (QED) is 0.561. The van der Waals surface area contributed by atoms with E-state index in [2.05, 4.69) is 22.0 Å². The predicted octanol–water partition coefficient (Wildman–Crippen LogP) is 4.52. The largest absolute Gasteiger partial charge is 0.491 e. The Morgan fingerprint density at radius 2 is 1.83 bits per heavy atom. The molecule has 0 bridgehead atoms. The van der Waals surface area contributed by atoms with Crippen molar-refractivity contribution >= 4 is 11.0 Å². The molecule has 2 aromatic carbocycles. The number of nitrogens with zero attached hydrogens (tertiary/aromatic N) is 2. The van der Waals surface area contributed by atoms with E-state index in [4.69, 9.17) is 9.72 Å². The molecule has 5 heteroatoms. The number of fused-ring (bicyclic) bond motifs is 1. The van der Waals surface area contributed by atoms with Crippen molar-refractivity contribution in [1.29, 1.82) is 0 Å². The van der Waals surface area contributed by atoms with Gasteiger partial charge >= 0.3 is 0 Å². The molecule has 0 unspecified atom stereocenters. The number of imidazole rings is 1. The smallest absolute Gasteiger partial charge is 0.147 e. The van der Waals surface area contributed by atoms with Crippen molar-refractivity contribution in [1.82, 2.24) is 14.9 Å². The van der Waals surface area contributed by atoms with E-state index in [0.29, 0.717) is 19.0 Å². The van der Waals surface area contributed by atoms with Gasteiger partial charge in [0.2, 0.25) is 0 Å². The van der Waals surface area contributed by atoms with Crippen LogP contribution in [0.1, 0.15) is 43.5 Å². The zero-order chi connectivity index (χ0) is 19.9. The zero-order valence-electron chi connectivity index (χ0n) is 17.0. The van der Waals surface area contributed by atoms with Crippen LogP contribution >= 0.6 is 0 Å². The summed E-state index contributed by atoms with van der Waals surface area (Å²) in [7, 11) is 0. The molecular weight excluding hydrogens is 362 g/mol. The third-order valence-electron chi connectivity index (χ3n) is 5.76. The summed E-state index contributed by atoms with van der Waals surface area (Å²) in [4.78, 5) is 10.5. The summed E-state index contributed by atoms with van der Waals surface area (Å²) in [6.07, 6.45) is 6.57. The maximum absolute atomic E-state index is 9.48. The zero-order valence-corrected chi connectivity index (χ0v) is 17.0. The Balaban J connectivity index is 1.45. The van der Waals surface area contributed by atoms with E-state index in [1.807, 2.05) is 36.4 Å². The van der Waals surface area contributed by atoms with Gasteiger partial charge < -0.3 is 14.8 Å². The number of benzene rings is 2. The SMILES string of the molecule is OCCN(Cc1ccccc1)Cc1nc2c(OCC3CCCCC3)cccc2[nH]1. The number of rotatable bonds is 9. The second kappa shape index (κ2) is 9.90. The Morgan fingerprint density at radius 3 is 2.62 bits per heavy atom. The third kappa shape index (κ3) is 5.37. The van der Waals surface area contributed by atoms with Gasteiger partial charge in [-0.25, -0.2) is 4.98 Å². The number of ether oxygens (including phenoxy) is 1. The molecule has 1 aliphatic rings. The lowest BCUT2D eigenvalue weighted by Gasteiger charge is -2.21. The molecule has 1 heterocycles. The third-order valence-corrected chi connectivity index (χ3v) is 5.76. The lowest BCUT2D eigenvalue weighted by atomic mass is 9.90. The summed E-state index contributed by atoms with van der Waals surface area (Å²) in [5.41, 5.74) is 3.14. The maximum Gasteiger partial charge on any atom is 0.147 e. The molecule has 4 rings (SSSR count). The van der Waals surface area contributed by atoms with Crippen molar-refractivity contribution in [2.24, 2.45) is 5.92 Å². The molecule has 29 heavy (non-hydrogen) atoms. The molecule has 0 atom stereocenters. The van der Waals surface area contributed by atoms with E-state index in [9.17, 15) is 5.11 Å². The average Bonchev–Trinajstić information content (AvgIpc) is 3.17. The molecule has 1 aromatic heterocycles. The van der Waals surface area contributed by atoms with Gasteiger partial charge in [0, 0.05) is 13.1 Å². The van der Waals surface area contributed by atoms with Crippen LogP contribution in [0.15, 0.2) is 48.5 Å². The first-order valence-corrected chi connectivity index (χ1v) is 10.8. The fraction of sp³-hybridized carbons (Fsp3) is 0.458. The molecule has 5 nitrogen and oxygen atoms in total. The highest BCUT2D eigenvalue weighted by atomic mass is 16.5.